The number of nitro groups is 1. The molecule has 0 saturated carbocycles. The summed E-state index contributed by atoms with van der Waals surface area (Å²) in [5, 5.41) is 19.7. The molecule has 0 aromatic rings. The lowest BCUT2D eigenvalue weighted by atomic mass is 10.0. The molecule has 0 rings (SSSR count). The number of unbranched alkanes of at least 4 members (excludes halogenated alkanes) is 13. The highest BCUT2D eigenvalue weighted by molar-refractivity contribution is 5.66. The summed E-state index contributed by atoms with van der Waals surface area (Å²) in [5.74, 6) is -0.712. The van der Waals surface area contributed by atoms with Crippen LogP contribution in [0.5, 0.6) is 0 Å². The Hall–Kier alpha value is -1.39. The molecule has 0 unspecified atom stereocenters. The molecule has 0 fully saturated rings. The Morgan fingerprint density at radius 2 is 1.27 bits per heavy atom. The summed E-state index contributed by atoms with van der Waals surface area (Å²) in [7, 11) is 0. The smallest absolute Gasteiger partial charge is 0.303 e. The van der Waals surface area contributed by atoms with E-state index in [4.69, 9.17) is 5.11 Å². The molecule has 0 aromatic carbocycles. The maximum absolute atomic E-state index is 11.1. The zero-order chi connectivity index (χ0) is 19.5. The molecule has 0 aromatic heterocycles. The third-order valence-corrected chi connectivity index (χ3v) is 4.75. The first-order valence-corrected chi connectivity index (χ1v) is 10.6. The molecule has 0 radical (unpaired) electrons. The van der Waals surface area contributed by atoms with Crippen molar-refractivity contribution in [3.8, 4) is 0 Å². The second-order valence-corrected chi connectivity index (χ2v) is 7.23. The second-order valence-electron chi connectivity index (χ2n) is 7.23. The Bertz CT molecular complexity index is 393. The van der Waals surface area contributed by atoms with Gasteiger partial charge in [0, 0.05) is 12.8 Å². The van der Waals surface area contributed by atoms with Crippen LogP contribution in [0.2, 0.25) is 0 Å². The van der Waals surface area contributed by atoms with Crippen LogP contribution in [0.4, 0.5) is 0 Å². The number of carbonyl (C=O) groups is 1. The van der Waals surface area contributed by atoms with Crippen molar-refractivity contribution in [1.29, 1.82) is 0 Å². The SMILES string of the molecule is CCCCCCCCC=C(CCCCCCCCCCC(=O)O)[N+](=O)[O-]. The lowest BCUT2D eigenvalue weighted by Gasteiger charge is -2.02. The number of aliphatic carboxylic acids is 1. The molecule has 0 heterocycles. The van der Waals surface area contributed by atoms with E-state index < -0.39 is 5.97 Å². The van der Waals surface area contributed by atoms with Crippen molar-refractivity contribution in [3.05, 3.63) is 21.9 Å². The molecule has 0 spiro atoms. The van der Waals surface area contributed by atoms with Gasteiger partial charge in [-0.25, -0.2) is 0 Å². The van der Waals surface area contributed by atoms with Gasteiger partial charge in [0.2, 0.25) is 5.70 Å². The predicted octanol–water partition coefficient (Wildman–Crippen LogP) is 6.88. The van der Waals surface area contributed by atoms with E-state index in [1.165, 1.54) is 32.1 Å². The van der Waals surface area contributed by atoms with Gasteiger partial charge in [0.25, 0.3) is 0 Å². The number of carboxylic acids is 1. The van der Waals surface area contributed by atoms with Gasteiger partial charge >= 0.3 is 5.97 Å². The Labute approximate surface area is 159 Å². The van der Waals surface area contributed by atoms with Crippen LogP contribution in [0.25, 0.3) is 0 Å². The standard InChI is InChI=1S/C21H39NO4/c1-2-3-4-5-8-11-14-17-20(22(25)26)18-15-12-9-6-7-10-13-16-19-21(23)24/h17H,2-16,18-19H2,1H3,(H,23,24). The van der Waals surface area contributed by atoms with Crippen molar-refractivity contribution in [2.24, 2.45) is 0 Å². The van der Waals surface area contributed by atoms with Gasteiger partial charge in [-0.1, -0.05) is 77.6 Å². The van der Waals surface area contributed by atoms with Crippen LogP contribution in [0.1, 0.15) is 116 Å². The molecule has 0 amide bonds. The normalized spacial score (nSPS) is 11.7. The summed E-state index contributed by atoms with van der Waals surface area (Å²) in [6.45, 7) is 2.20. The second kappa shape index (κ2) is 18.4. The monoisotopic (exact) mass is 369 g/mol. The van der Waals surface area contributed by atoms with Crippen molar-refractivity contribution < 1.29 is 14.8 Å². The van der Waals surface area contributed by atoms with Gasteiger partial charge in [-0.15, -0.1) is 0 Å². The van der Waals surface area contributed by atoms with Gasteiger partial charge in [-0.3, -0.25) is 14.9 Å². The Kier molecular flexibility index (Phi) is 17.4. The van der Waals surface area contributed by atoms with Crippen LogP contribution in [0, 0.1) is 10.1 Å². The maximum Gasteiger partial charge on any atom is 0.303 e. The maximum atomic E-state index is 11.1. The molecule has 5 heteroatoms. The van der Waals surface area contributed by atoms with Gasteiger partial charge in [-0.05, 0) is 31.8 Å². The van der Waals surface area contributed by atoms with E-state index in [0.717, 1.165) is 64.2 Å². The molecule has 0 atom stereocenters. The molecular formula is C21H39NO4. The van der Waals surface area contributed by atoms with E-state index in [1.807, 2.05) is 6.08 Å². The van der Waals surface area contributed by atoms with Gasteiger partial charge in [0.1, 0.15) is 0 Å². The summed E-state index contributed by atoms with van der Waals surface area (Å²) < 4.78 is 0. The lowest BCUT2D eigenvalue weighted by Crippen LogP contribution is -1.99. The van der Waals surface area contributed by atoms with E-state index >= 15 is 0 Å². The average molecular weight is 370 g/mol. The number of carboxylic acid groups (broad SMARTS) is 1. The minimum absolute atomic E-state index is 0.209. The zero-order valence-corrected chi connectivity index (χ0v) is 16.7. The quantitative estimate of drug-likeness (QED) is 0.153. The summed E-state index contributed by atoms with van der Waals surface area (Å²) in [5.41, 5.74) is 0.396. The van der Waals surface area contributed by atoms with E-state index in [9.17, 15) is 14.9 Å². The minimum atomic E-state index is -0.712. The highest BCUT2D eigenvalue weighted by Gasteiger charge is 2.09. The van der Waals surface area contributed by atoms with Crippen LogP contribution < -0.4 is 0 Å². The van der Waals surface area contributed by atoms with Gasteiger partial charge in [0.05, 0.1) is 4.92 Å². The van der Waals surface area contributed by atoms with E-state index in [-0.39, 0.29) is 11.3 Å². The van der Waals surface area contributed by atoms with Crippen molar-refractivity contribution in [1.82, 2.24) is 0 Å². The molecule has 152 valence electrons. The number of hydrogen-bond donors (Lipinski definition) is 1. The molecule has 0 saturated heterocycles. The lowest BCUT2D eigenvalue weighted by molar-refractivity contribution is -0.428. The fourth-order valence-corrected chi connectivity index (χ4v) is 3.10. The van der Waals surface area contributed by atoms with Gasteiger partial charge in [0.15, 0.2) is 0 Å². The van der Waals surface area contributed by atoms with Crippen molar-refractivity contribution in [2.45, 2.75) is 116 Å². The number of hydrogen-bond acceptors (Lipinski definition) is 3. The van der Waals surface area contributed by atoms with Crippen LogP contribution in [-0.2, 0) is 4.79 Å². The molecule has 0 aliphatic heterocycles. The molecule has 1 N–H and O–H groups in total. The van der Waals surface area contributed by atoms with E-state index in [2.05, 4.69) is 6.92 Å². The number of allylic oxidation sites excluding steroid dienone is 2. The minimum Gasteiger partial charge on any atom is -0.481 e. The topological polar surface area (TPSA) is 80.4 Å². The van der Waals surface area contributed by atoms with Crippen LogP contribution in [0.15, 0.2) is 11.8 Å². The summed E-state index contributed by atoms with van der Waals surface area (Å²) in [6, 6.07) is 0. The zero-order valence-electron chi connectivity index (χ0n) is 16.7. The molecule has 0 aliphatic rings. The molecule has 26 heavy (non-hydrogen) atoms. The summed E-state index contributed by atoms with van der Waals surface area (Å²) in [4.78, 5) is 21.3. The fraction of sp³-hybridized carbons (Fsp3) is 0.857. The van der Waals surface area contributed by atoms with Crippen molar-refractivity contribution >= 4 is 5.97 Å². The van der Waals surface area contributed by atoms with Crippen LogP contribution >= 0.6 is 0 Å². The molecule has 0 aliphatic carbocycles. The van der Waals surface area contributed by atoms with Crippen molar-refractivity contribution in [3.63, 3.8) is 0 Å². The number of nitrogens with zero attached hydrogens (tertiary/aromatic N) is 1. The van der Waals surface area contributed by atoms with Crippen LogP contribution in [-0.4, -0.2) is 16.0 Å². The first kappa shape index (κ1) is 24.6. The summed E-state index contributed by atoms with van der Waals surface area (Å²) >= 11 is 0. The predicted molar refractivity (Wildman–Crippen MR) is 107 cm³/mol. The van der Waals surface area contributed by atoms with Gasteiger partial charge in [-0.2, -0.15) is 0 Å². The van der Waals surface area contributed by atoms with E-state index in [1.54, 1.807) is 0 Å². The first-order chi connectivity index (χ1) is 12.6. The average Bonchev–Trinajstić information content (AvgIpc) is 2.60. The molecule has 0 bridgehead atoms. The molecule has 5 nitrogen and oxygen atoms in total. The largest absolute Gasteiger partial charge is 0.481 e. The first-order valence-electron chi connectivity index (χ1n) is 10.6. The Balaban J connectivity index is 3.60. The van der Waals surface area contributed by atoms with E-state index in [0.29, 0.717) is 12.1 Å². The highest BCUT2D eigenvalue weighted by atomic mass is 16.6. The highest BCUT2D eigenvalue weighted by Crippen LogP contribution is 2.15. The third-order valence-electron chi connectivity index (χ3n) is 4.75. The Morgan fingerprint density at radius 1 is 0.808 bits per heavy atom. The number of rotatable bonds is 19. The van der Waals surface area contributed by atoms with Crippen molar-refractivity contribution in [2.75, 3.05) is 0 Å². The summed E-state index contributed by atoms with van der Waals surface area (Å²) in [6.07, 6.45) is 19.0. The fourth-order valence-electron chi connectivity index (χ4n) is 3.10. The van der Waals surface area contributed by atoms with Crippen LogP contribution in [0.3, 0.4) is 0 Å². The Morgan fingerprint density at radius 3 is 1.77 bits per heavy atom. The third kappa shape index (κ3) is 17.4. The molecular weight excluding hydrogens is 330 g/mol. The van der Waals surface area contributed by atoms with Gasteiger partial charge < -0.3 is 5.11 Å².